The van der Waals surface area contributed by atoms with Crippen LogP contribution in [0.5, 0.6) is 11.5 Å². The Hall–Kier alpha value is -5.34. The van der Waals surface area contributed by atoms with Gasteiger partial charge in [0.2, 0.25) is 0 Å². The van der Waals surface area contributed by atoms with Gasteiger partial charge < -0.3 is 15.5 Å². The first-order valence-corrected chi connectivity index (χ1v) is 18.7. The number of nitrogens with one attached hydrogen (secondary N) is 1. The molecule has 3 aliphatic rings. The summed E-state index contributed by atoms with van der Waals surface area (Å²) in [7, 11) is 0. The molecule has 0 saturated carbocycles. The lowest BCUT2D eigenvalue weighted by Gasteiger charge is -2.36. The molecule has 0 fully saturated rings. The molecule has 1 aliphatic carbocycles. The van der Waals surface area contributed by atoms with Gasteiger partial charge >= 0.3 is 0 Å². The van der Waals surface area contributed by atoms with Gasteiger partial charge in [0.25, 0.3) is 0 Å². The Morgan fingerprint density at radius 3 is 2.19 bits per heavy atom. The average Bonchev–Trinajstić information content (AvgIpc) is 3.73. The molecule has 4 aromatic carbocycles. The Bertz CT molecular complexity index is 2630. The molecule has 4 heterocycles. The van der Waals surface area contributed by atoms with E-state index in [0.717, 1.165) is 48.5 Å². The molecule has 0 radical (unpaired) electrons. The van der Waals surface area contributed by atoms with Gasteiger partial charge in [-0.05, 0) is 83.3 Å². The molecule has 6 aromatic rings. The lowest BCUT2D eigenvalue weighted by Crippen LogP contribution is -2.39. The van der Waals surface area contributed by atoms with E-state index in [2.05, 4.69) is 59.0 Å². The van der Waals surface area contributed by atoms with Crippen LogP contribution in [0.2, 0.25) is 0 Å². The molecule has 0 amide bonds. The summed E-state index contributed by atoms with van der Waals surface area (Å²) >= 11 is 1.62. The topological polar surface area (TPSA) is 103 Å². The highest BCUT2D eigenvalue weighted by molar-refractivity contribution is 7.22. The number of hydrogen-bond acceptors (Lipinski definition) is 8. The molecule has 9 rings (SSSR count). The van der Waals surface area contributed by atoms with Gasteiger partial charge in [0.05, 0.1) is 44.3 Å². The fourth-order valence-electron chi connectivity index (χ4n) is 8.01. The number of benzene rings is 4. The number of aromatic nitrogens is 2. The number of para-hydroxylation sites is 2. The standard InChI is InChI=1S/C44H41N5O2S/c1-21-15-16-23-17-18-31-26-12-10-13-27(39(26)51)41-47-35-29(43(3,4)5)19-24-20-30(44(6,7)8)40-37(32(24)36(35)48-41)49-42(52-40)28-14-9-11-25(38(28)50)22(2)45-33(21)34(23)46-31/h9-20,35-36,50-51H,1-8H3,(H,47,48). The number of aromatic hydroxyl groups is 2. The van der Waals surface area contributed by atoms with Crippen LogP contribution in [0.3, 0.4) is 0 Å². The molecule has 8 heteroatoms. The van der Waals surface area contributed by atoms with Crippen molar-refractivity contribution in [1.29, 1.82) is 0 Å². The zero-order chi connectivity index (χ0) is 36.4. The Kier molecular flexibility index (Phi) is 6.94. The van der Waals surface area contributed by atoms with Crippen molar-refractivity contribution in [3.63, 3.8) is 0 Å². The summed E-state index contributed by atoms with van der Waals surface area (Å²) in [5, 5.41) is 29.4. The van der Waals surface area contributed by atoms with Gasteiger partial charge in [-0.3, -0.25) is 9.98 Å². The molecular formula is C44H41N5O2S. The molecule has 3 N–H and O–H groups in total. The van der Waals surface area contributed by atoms with Crippen molar-refractivity contribution in [2.45, 2.75) is 72.9 Å². The number of amidine groups is 1. The monoisotopic (exact) mass is 703 g/mol. The maximum atomic E-state index is 12.0. The normalized spacial score (nSPS) is 17.9. The third-order valence-corrected chi connectivity index (χ3v) is 11.9. The number of aryl methyl sites for hydroxylation is 1. The van der Waals surface area contributed by atoms with Crippen molar-refractivity contribution in [2.24, 2.45) is 15.4 Å². The van der Waals surface area contributed by atoms with Crippen LogP contribution in [0.4, 0.5) is 5.69 Å². The molecule has 0 saturated heterocycles. The number of thiazole rings is 1. The van der Waals surface area contributed by atoms with E-state index in [-0.39, 0.29) is 34.4 Å². The number of aliphatic imine (C=N–C) groups is 2. The van der Waals surface area contributed by atoms with Crippen LogP contribution in [0, 0.1) is 12.3 Å². The summed E-state index contributed by atoms with van der Waals surface area (Å²) in [6, 6.07) is 21.5. The third-order valence-electron chi connectivity index (χ3n) is 10.8. The van der Waals surface area contributed by atoms with Crippen LogP contribution in [0.15, 0.2) is 82.3 Å². The number of phenolic OH excluding ortho intramolecular Hbond substituents is 2. The highest BCUT2D eigenvalue weighted by atomic mass is 32.1. The minimum atomic E-state index is -0.278. The Morgan fingerprint density at radius 2 is 1.44 bits per heavy atom. The molecule has 0 spiro atoms. The van der Waals surface area contributed by atoms with Gasteiger partial charge in [0.15, 0.2) is 0 Å². The Labute approximate surface area is 307 Å². The van der Waals surface area contributed by atoms with E-state index < -0.39 is 0 Å². The molecule has 2 unspecified atom stereocenters. The fraction of sp³-hybridized carbons (Fsp3) is 0.273. The van der Waals surface area contributed by atoms with E-state index >= 15 is 0 Å². The van der Waals surface area contributed by atoms with Crippen molar-refractivity contribution < 1.29 is 10.2 Å². The lowest BCUT2D eigenvalue weighted by atomic mass is 9.72. The zero-order valence-corrected chi connectivity index (χ0v) is 31.5. The van der Waals surface area contributed by atoms with Crippen LogP contribution in [-0.4, -0.2) is 37.8 Å². The van der Waals surface area contributed by atoms with E-state index in [0.29, 0.717) is 39.5 Å². The van der Waals surface area contributed by atoms with Crippen molar-refractivity contribution >= 4 is 55.8 Å². The SMILES string of the molecule is CC1=Nc2c(C)ccc3ccc(nc23)-c2cccc(c2O)C2=NC3c4c(cc(C(C)(C)C)c5sc(nc45)-c4cccc1c4O)C=C(C(C)(C)C)C3N2. The van der Waals surface area contributed by atoms with Crippen LogP contribution < -0.4 is 5.32 Å². The largest absolute Gasteiger partial charge is 0.507 e. The maximum Gasteiger partial charge on any atom is 0.135 e. The van der Waals surface area contributed by atoms with E-state index in [1.165, 1.54) is 11.1 Å². The second kappa shape index (κ2) is 11.1. The van der Waals surface area contributed by atoms with Crippen LogP contribution in [0.1, 0.15) is 87.9 Å². The number of rotatable bonds is 0. The number of phenols is 2. The fourth-order valence-corrected chi connectivity index (χ4v) is 9.34. The maximum absolute atomic E-state index is 12.0. The van der Waals surface area contributed by atoms with Gasteiger partial charge in [0, 0.05) is 27.8 Å². The number of fused-ring (bicyclic) bond motifs is 9. The van der Waals surface area contributed by atoms with Gasteiger partial charge in [-0.25, -0.2) is 9.97 Å². The average molecular weight is 704 g/mol. The van der Waals surface area contributed by atoms with Crippen LogP contribution in [-0.2, 0) is 5.41 Å². The minimum absolute atomic E-state index is 0.123. The summed E-state index contributed by atoms with van der Waals surface area (Å²) in [6.45, 7) is 17.4. The summed E-state index contributed by atoms with van der Waals surface area (Å²) < 4.78 is 1.09. The highest BCUT2D eigenvalue weighted by Gasteiger charge is 2.43. The third kappa shape index (κ3) is 4.84. The van der Waals surface area contributed by atoms with Crippen molar-refractivity contribution in [3.8, 4) is 33.3 Å². The van der Waals surface area contributed by atoms with Crippen molar-refractivity contribution in [1.82, 2.24) is 15.3 Å². The molecule has 10 bridgehead atoms. The highest BCUT2D eigenvalue weighted by Crippen LogP contribution is 2.51. The number of hydrogen-bond donors (Lipinski definition) is 3. The van der Waals surface area contributed by atoms with Crippen LogP contribution >= 0.6 is 11.3 Å². The zero-order valence-electron chi connectivity index (χ0n) is 30.7. The van der Waals surface area contributed by atoms with Crippen LogP contribution in [0.25, 0.3) is 49.0 Å². The first-order valence-electron chi connectivity index (χ1n) is 17.8. The predicted octanol–water partition coefficient (Wildman–Crippen LogP) is 10.6. The van der Waals surface area contributed by atoms with Gasteiger partial charge in [-0.1, -0.05) is 78.0 Å². The molecule has 2 aromatic heterocycles. The summed E-state index contributed by atoms with van der Waals surface area (Å²) in [6.07, 6.45) is 2.33. The first-order chi connectivity index (χ1) is 24.7. The minimum Gasteiger partial charge on any atom is -0.507 e. The molecule has 7 nitrogen and oxygen atoms in total. The van der Waals surface area contributed by atoms with E-state index in [4.69, 9.17) is 20.0 Å². The molecule has 52 heavy (non-hydrogen) atoms. The number of nitrogens with zero attached hydrogens (tertiary/aromatic N) is 4. The quantitative estimate of drug-likeness (QED) is 0.146. The van der Waals surface area contributed by atoms with E-state index in [1.54, 1.807) is 11.3 Å². The van der Waals surface area contributed by atoms with Gasteiger partial charge in [-0.15, -0.1) is 11.3 Å². The second-order valence-electron chi connectivity index (χ2n) is 16.4. The van der Waals surface area contributed by atoms with Gasteiger partial charge in [0.1, 0.15) is 28.4 Å². The molecule has 260 valence electrons. The van der Waals surface area contributed by atoms with E-state index in [9.17, 15) is 10.2 Å². The lowest BCUT2D eigenvalue weighted by molar-refractivity contribution is 0.432. The Balaban J connectivity index is 1.41. The van der Waals surface area contributed by atoms with E-state index in [1.807, 2.05) is 74.5 Å². The summed E-state index contributed by atoms with van der Waals surface area (Å²) in [4.78, 5) is 21.0. The first kappa shape index (κ1) is 32.6. The smallest absolute Gasteiger partial charge is 0.135 e. The summed E-state index contributed by atoms with van der Waals surface area (Å²) in [5.41, 5.74) is 11.5. The van der Waals surface area contributed by atoms with Crippen molar-refractivity contribution in [3.05, 3.63) is 106 Å². The number of pyridine rings is 1. The van der Waals surface area contributed by atoms with Gasteiger partial charge in [-0.2, -0.15) is 0 Å². The Morgan fingerprint density at radius 1 is 0.750 bits per heavy atom. The molecular weight excluding hydrogens is 663 g/mol. The predicted molar refractivity (Wildman–Crippen MR) is 215 cm³/mol. The van der Waals surface area contributed by atoms with Crippen molar-refractivity contribution in [2.75, 3.05) is 0 Å². The summed E-state index contributed by atoms with van der Waals surface area (Å²) in [5.74, 6) is 0.911. The molecule has 2 atom stereocenters. The second-order valence-corrected chi connectivity index (χ2v) is 17.4. The molecule has 2 aliphatic heterocycles.